The molecule has 0 aliphatic carbocycles. The number of nitriles is 1. The number of anilines is 1. The van der Waals surface area contributed by atoms with E-state index in [-0.39, 0.29) is 15.6 Å². The highest BCUT2D eigenvalue weighted by Crippen LogP contribution is 2.46. The zero-order chi connectivity index (χ0) is 25.2. The van der Waals surface area contributed by atoms with Gasteiger partial charge in [-0.3, -0.25) is 4.90 Å². The Labute approximate surface area is 201 Å². The normalized spacial score (nSPS) is 16.3. The molecule has 2 aromatic rings. The van der Waals surface area contributed by atoms with Gasteiger partial charge in [0, 0.05) is 4.47 Å². The summed E-state index contributed by atoms with van der Waals surface area (Å²) < 4.78 is 51.7. The van der Waals surface area contributed by atoms with Crippen LogP contribution in [0.15, 0.2) is 75.7 Å². The summed E-state index contributed by atoms with van der Waals surface area (Å²) in [5.74, 6) is -3.83. The fourth-order valence-electron chi connectivity index (χ4n) is 3.69. The molecule has 1 aliphatic rings. The van der Waals surface area contributed by atoms with Gasteiger partial charge in [0.15, 0.2) is 0 Å². The standard InChI is InChI=1S/C23H17BrF3N3O4/c1-33-21(31)18-17(12-6-4-3-5-7-12)14(11-28)20(29)30(19(18)22(32)34-2)16-9-8-13(24)10-15(16)23(25,26)27/h3-10,17H,29H2,1-2H3. The van der Waals surface area contributed by atoms with Gasteiger partial charge in [0.05, 0.1) is 48.6 Å². The van der Waals surface area contributed by atoms with Crippen molar-refractivity contribution in [1.29, 1.82) is 5.26 Å². The van der Waals surface area contributed by atoms with E-state index in [1.807, 2.05) is 6.07 Å². The minimum Gasteiger partial charge on any atom is -0.466 e. The van der Waals surface area contributed by atoms with Crippen LogP contribution in [0.3, 0.4) is 0 Å². The molecule has 0 fully saturated rings. The SMILES string of the molecule is COC(=O)C1=C(C(=O)OC)N(c2ccc(Br)cc2C(F)(F)F)C(N)=C(C#N)C1c1ccccc1. The minimum absolute atomic E-state index is 0.114. The Bertz CT molecular complexity index is 1250. The molecule has 3 rings (SSSR count). The number of rotatable bonds is 4. The molecule has 1 unspecified atom stereocenters. The molecule has 0 radical (unpaired) electrons. The summed E-state index contributed by atoms with van der Waals surface area (Å²) in [5.41, 5.74) is 3.69. The predicted molar refractivity (Wildman–Crippen MR) is 119 cm³/mol. The van der Waals surface area contributed by atoms with E-state index in [1.165, 1.54) is 6.07 Å². The van der Waals surface area contributed by atoms with Crippen LogP contribution >= 0.6 is 15.9 Å². The molecule has 0 aromatic heterocycles. The van der Waals surface area contributed by atoms with Gasteiger partial charge in [0.1, 0.15) is 11.5 Å². The summed E-state index contributed by atoms with van der Waals surface area (Å²) in [4.78, 5) is 26.6. The van der Waals surface area contributed by atoms with Gasteiger partial charge in [-0.1, -0.05) is 46.3 Å². The van der Waals surface area contributed by atoms with E-state index >= 15 is 0 Å². The van der Waals surface area contributed by atoms with Crippen molar-refractivity contribution in [2.45, 2.75) is 12.1 Å². The number of nitrogens with two attached hydrogens (primary N) is 1. The average molecular weight is 536 g/mol. The van der Waals surface area contributed by atoms with Gasteiger partial charge in [0.25, 0.3) is 0 Å². The third-order valence-electron chi connectivity index (χ3n) is 5.12. The van der Waals surface area contributed by atoms with Crippen LogP contribution in [-0.2, 0) is 25.2 Å². The van der Waals surface area contributed by atoms with E-state index in [2.05, 4.69) is 15.9 Å². The topological polar surface area (TPSA) is 106 Å². The number of alkyl halides is 3. The summed E-state index contributed by atoms with van der Waals surface area (Å²) >= 11 is 3.01. The van der Waals surface area contributed by atoms with Crippen molar-refractivity contribution in [2.24, 2.45) is 5.73 Å². The molecular weight excluding hydrogens is 519 g/mol. The fourth-order valence-corrected chi connectivity index (χ4v) is 4.05. The molecular formula is C23H17BrF3N3O4. The largest absolute Gasteiger partial charge is 0.466 e. The zero-order valence-electron chi connectivity index (χ0n) is 17.8. The van der Waals surface area contributed by atoms with E-state index in [0.29, 0.717) is 10.5 Å². The van der Waals surface area contributed by atoms with Crippen molar-refractivity contribution in [2.75, 3.05) is 19.1 Å². The van der Waals surface area contributed by atoms with Crippen molar-refractivity contribution >= 4 is 33.6 Å². The summed E-state index contributed by atoms with van der Waals surface area (Å²) in [7, 11) is 2.05. The first-order valence-electron chi connectivity index (χ1n) is 9.59. The first-order chi connectivity index (χ1) is 16.1. The van der Waals surface area contributed by atoms with E-state index in [1.54, 1.807) is 30.3 Å². The Balaban J connectivity index is 2.49. The van der Waals surface area contributed by atoms with Gasteiger partial charge >= 0.3 is 18.1 Å². The van der Waals surface area contributed by atoms with Crippen molar-refractivity contribution in [3.8, 4) is 6.07 Å². The molecule has 176 valence electrons. The fraction of sp³-hybridized carbons (Fsp3) is 0.174. The Hall–Kier alpha value is -3.78. The maximum atomic E-state index is 14.0. The molecule has 0 spiro atoms. The first kappa shape index (κ1) is 24.9. The van der Waals surface area contributed by atoms with Gasteiger partial charge in [0.2, 0.25) is 0 Å². The van der Waals surface area contributed by atoms with Crippen LogP contribution in [0.2, 0.25) is 0 Å². The number of benzene rings is 2. The molecule has 0 saturated heterocycles. The molecule has 1 atom stereocenters. The lowest BCUT2D eigenvalue weighted by atomic mass is 9.80. The number of hydrogen-bond donors (Lipinski definition) is 1. The van der Waals surface area contributed by atoms with Gasteiger partial charge in [-0.25, -0.2) is 9.59 Å². The Kier molecular flexibility index (Phi) is 7.02. The monoisotopic (exact) mass is 535 g/mol. The molecule has 1 heterocycles. The number of esters is 2. The summed E-state index contributed by atoms with van der Waals surface area (Å²) in [6.45, 7) is 0. The van der Waals surface area contributed by atoms with Crippen molar-refractivity contribution in [3.63, 3.8) is 0 Å². The molecule has 0 amide bonds. The second-order valence-electron chi connectivity index (χ2n) is 6.99. The van der Waals surface area contributed by atoms with Gasteiger partial charge in [-0.2, -0.15) is 18.4 Å². The lowest BCUT2D eigenvalue weighted by Gasteiger charge is -2.36. The highest BCUT2D eigenvalue weighted by molar-refractivity contribution is 9.10. The van der Waals surface area contributed by atoms with E-state index in [0.717, 1.165) is 26.4 Å². The minimum atomic E-state index is -4.87. The van der Waals surface area contributed by atoms with E-state index in [4.69, 9.17) is 15.2 Å². The van der Waals surface area contributed by atoms with Crippen LogP contribution in [0.1, 0.15) is 17.0 Å². The van der Waals surface area contributed by atoms with Crippen LogP contribution in [0.25, 0.3) is 0 Å². The van der Waals surface area contributed by atoms with Crippen LogP contribution in [0.4, 0.5) is 18.9 Å². The number of ether oxygens (including phenoxy) is 2. The molecule has 34 heavy (non-hydrogen) atoms. The molecule has 2 aromatic carbocycles. The predicted octanol–water partition coefficient (Wildman–Crippen LogP) is 4.37. The van der Waals surface area contributed by atoms with Crippen molar-refractivity contribution < 1.29 is 32.2 Å². The molecule has 1 aliphatic heterocycles. The van der Waals surface area contributed by atoms with Crippen molar-refractivity contribution in [1.82, 2.24) is 0 Å². The highest BCUT2D eigenvalue weighted by atomic mass is 79.9. The molecule has 7 nitrogen and oxygen atoms in total. The Morgan fingerprint density at radius 3 is 2.24 bits per heavy atom. The number of halogens is 4. The maximum Gasteiger partial charge on any atom is 0.418 e. The number of allylic oxidation sites excluding steroid dienone is 1. The van der Waals surface area contributed by atoms with Crippen LogP contribution in [0, 0.1) is 11.3 Å². The van der Waals surface area contributed by atoms with Gasteiger partial charge < -0.3 is 15.2 Å². The number of hydrogen-bond acceptors (Lipinski definition) is 7. The molecule has 2 N–H and O–H groups in total. The van der Waals surface area contributed by atoms with Gasteiger partial charge in [-0.15, -0.1) is 0 Å². The number of carbonyl (C=O) groups excluding carboxylic acids is 2. The second-order valence-corrected chi connectivity index (χ2v) is 7.91. The number of carbonyl (C=O) groups is 2. The average Bonchev–Trinajstić information content (AvgIpc) is 2.82. The lowest BCUT2D eigenvalue weighted by Crippen LogP contribution is -2.41. The van der Waals surface area contributed by atoms with E-state index < -0.39 is 46.8 Å². The third kappa shape index (κ3) is 4.36. The smallest absolute Gasteiger partial charge is 0.418 e. The van der Waals surface area contributed by atoms with Crippen LogP contribution in [-0.4, -0.2) is 26.2 Å². The maximum absolute atomic E-state index is 14.0. The summed E-state index contributed by atoms with van der Waals surface area (Å²) in [6.07, 6.45) is -4.87. The molecule has 0 bridgehead atoms. The molecule has 11 heteroatoms. The zero-order valence-corrected chi connectivity index (χ0v) is 19.4. The van der Waals surface area contributed by atoms with Gasteiger partial charge in [-0.05, 0) is 23.8 Å². The third-order valence-corrected chi connectivity index (χ3v) is 5.61. The van der Waals surface area contributed by atoms with Crippen LogP contribution < -0.4 is 10.6 Å². The second kappa shape index (κ2) is 9.61. The van der Waals surface area contributed by atoms with Crippen molar-refractivity contribution in [3.05, 3.63) is 86.8 Å². The quantitative estimate of drug-likeness (QED) is 0.579. The number of nitrogens with zero attached hydrogens (tertiary/aromatic N) is 2. The summed E-state index contributed by atoms with van der Waals surface area (Å²) in [5, 5.41) is 9.95. The first-order valence-corrected chi connectivity index (χ1v) is 10.4. The Morgan fingerprint density at radius 1 is 1.09 bits per heavy atom. The van der Waals surface area contributed by atoms with E-state index in [9.17, 15) is 28.0 Å². The number of methoxy groups -OCH3 is 2. The van der Waals surface area contributed by atoms with Crippen LogP contribution in [0.5, 0.6) is 0 Å². The summed E-state index contributed by atoms with van der Waals surface area (Å²) in [6, 6.07) is 13.2. The Morgan fingerprint density at radius 2 is 1.71 bits per heavy atom. The highest BCUT2D eigenvalue weighted by Gasteiger charge is 2.45. The lowest BCUT2D eigenvalue weighted by molar-refractivity contribution is -0.139. The molecule has 0 saturated carbocycles.